The molecule has 106 valence electrons. The average Bonchev–Trinajstić information content (AvgIpc) is 2.27. The van der Waals surface area contributed by atoms with Gasteiger partial charge in [0.2, 0.25) is 0 Å². The van der Waals surface area contributed by atoms with Crippen LogP contribution < -0.4 is 11.5 Å². The van der Waals surface area contributed by atoms with Crippen molar-refractivity contribution in [3.05, 3.63) is 0 Å². The Morgan fingerprint density at radius 2 is 2.00 bits per heavy atom. The highest BCUT2D eigenvalue weighted by atomic mass is 19.4. The summed E-state index contributed by atoms with van der Waals surface area (Å²) in [5, 5.41) is 0. The maximum atomic E-state index is 12.5. The standard InChI is InChI=1S/C11H20F3N3O/c12-11(13,14)8-3-1-4-9(7-8)18-6-2-5-17-10(15)16/h8-9H,1-7H2,(H4,15,16,17)/t8-,9+/m0/s1. The highest BCUT2D eigenvalue weighted by molar-refractivity contribution is 5.75. The van der Waals surface area contributed by atoms with Crippen LogP contribution in [0.25, 0.3) is 0 Å². The second kappa shape index (κ2) is 6.82. The fraction of sp³-hybridized carbons (Fsp3) is 0.909. The molecule has 0 saturated heterocycles. The van der Waals surface area contributed by atoms with Gasteiger partial charge in [0.1, 0.15) is 0 Å². The third-order valence-corrected chi connectivity index (χ3v) is 3.04. The smallest absolute Gasteiger partial charge is 0.378 e. The molecule has 0 spiro atoms. The van der Waals surface area contributed by atoms with Gasteiger partial charge in [-0.2, -0.15) is 13.2 Å². The van der Waals surface area contributed by atoms with E-state index in [1.165, 1.54) is 0 Å². The lowest BCUT2D eigenvalue weighted by Crippen LogP contribution is -2.32. The van der Waals surface area contributed by atoms with Gasteiger partial charge in [-0.1, -0.05) is 6.42 Å². The molecule has 0 aromatic carbocycles. The van der Waals surface area contributed by atoms with Crippen LogP contribution in [0.15, 0.2) is 4.99 Å². The summed E-state index contributed by atoms with van der Waals surface area (Å²) in [5.41, 5.74) is 10.3. The summed E-state index contributed by atoms with van der Waals surface area (Å²) in [6.45, 7) is 0.837. The molecule has 1 fully saturated rings. The van der Waals surface area contributed by atoms with Crippen LogP contribution in [0.1, 0.15) is 32.1 Å². The number of aliphatic imine (C=N–C) groups is 1. The maximum absolute atomic E-state index is 12.5. The molecule has 7 heteroatoms. The molecular weight excluding hydrogens is 247 g/mol. The van der Waals surface area contributed by atoms with E-state index in [0.717, 1.165) is 0 Å². The minimum atomic E-state index is -4.10. The first kappa shape index (κ1) is 15.1. The Morgan fingerprint density at radius 1 is 1.28 bits per heavy atom. The van der Waals surface area contributed by atoms with E-state index in [9.17, 15) is 13.2 Å². The monoisotopic (exact) mass is 267 g/mol. The molecule has 2 atom stereocenters. The summed E-state index contributed by atoms with van der Waals surface area (Å²) >= 11 is 0. The molecule has 0 bridgehead atoms. The predicted molar refractivity (Wildman–Crippen MR) is 63.0 cm³/mol. The van der Waals surface area contributed by atoms with Crippen molar-refractivity contribution < 1.29 is 17.9 Å². The Bertz CT molecular complexity index is 277. The Labute approximate surface area is 105 Å². The molecule has 1 aliphatic rings. The minimum Gasteiger partial charge on any atom is -0.378 e. The van der Waals surface area contributed by atoms with Crippen molar-refractivity contribution in [1.82, 2.24) is 0 Å². The number of nitrogens with zero attached hydrogens (tertiary/aromatic N) is 1. The molecule has 4 nitrogen and oxygen atoms in total. The van der Waals surface area contributed by atoms with E-state index < -0.39 is 12.1 Å². The molecule has 0 unspecified atom stereocenters. The number of ether oxygens (including phenoxy) is 1. The molecule has 1 saturated carbocycles. The van der Waals surface area contributed by atoms with Gasteiger partial charge < -0.3 is 16.2 Å². The first-order valence-electron chi connectivity index (χ1n) is 6.13. The van der Waals surface area contributed by atoms with Crippen molar-refractivity contribution in [3.8, 4) is 0 Å². The molecule has 1 aliphatic carbocycles. The largest absolute Gasteiger partial charge is 0.391 e. The number of nitrogens with two attached hydrogens (primary N) is 2. The first-order chi connectivity index (χ1) is 8.39. The fourth-order valence-corrected chi connectivity index (χ4v) is 2.12. The molecule has 0 aromatic heterocycles. The van der Waals surface area contributed by atoms with E-state index in [2.05, 4.69) is 4.99 Å². The third kappa shape index (κ3) is 5.57. The van der Waals surface area contributed by atoms with Crippen molar-refractivity contribution in [2.45, 2.75) is 44.4 Å². The van der Waals surface area contributed by atoms with Gasteiger partial charge >= 0.3 is 6.18 Å². The molecule has 0 heterocycles. The van der Waals surface area contributed by atoms with E-state index in [1.54, 1.807) is 0 Å². The Kier molecular flexibility index (Phi) is 5.71. The Hall–Kier alpha value is -0.980. The summed E-state index contributed by atoms with van der Waals surface area (Å²) in [5.74, 6) is -1.20. The van der Waals surface area contributed by atoms with Gasteiger partial charge in [-0.05, 0) is 25.7 Å². The zero-order valence-electron chi connectivity index (χ0n) is 10.2. The van der Waals surface area contributed by atoms with Crippen LogP contribution in [-0.4, -0.2) is 31.4 Å². The highest BCUT2D eigenvalue weighted by Crippen LogP contribution is 2.38. The number of rotatable bonds is 5. The summed E-state index contributed by atoms with van der Waals surface area (Å²) in [6, 6.07) is 0. The van der Waals surface area contributed by atoms with E-state index in [-0.39, 0.29) is 24.9 Å². The van der Waals surface area contributed by atoms with Gasteiger partial charge in [-0.25, -0.2) is 0 Å². The van der Waals surface area contributed by atoms with Gasteiger partial charge in [0, 0.05) is 13.2 Å². The van der Waals surface area contributed by atoms with E-state index in [1.807, 2.05) is 0 Å². The molecule has 0 radical (unpaired) electrons. The predicted octanol–water partition coefficient (Wildman–Crippen LogP) is 1.79. The number of halogens is 3. The zero-order valence-corrected chi connectivity index (χ0v) is 10.2. The number of hydrogen-bond donors (Lipinski definition) is 2. The summed E-state index contributed by atoms with van der Waals surface area (Å²) < 4.78 is 43.1. The van der Waals surface area contributed by atoms with Crippen LogP contribution in [0, 0.1) is 5.92 Å². The SMILES string of the molecule is NC(N)=NCCCO[C@@H]1CCC[C@H](C(F)(F)F)C1. The quantitative estimate of drug-likeness (QED) is 0.453. The molecule has 0 amide bonds. The molecule has 18 heavy (non-hydrogen) atoms. The highest BCUT2D eigenvalue weighted by Gasteiger charge is 2.42. The van der Waals surface area contributed by atoms with Gasteiger partial charge in [-0.15, -0.1) is 0 Å². The number of guanidine groups is 1. The van der Waals surface area contributed by atoms with Crippen LogP contribution in [0.3, 0.4) is 0 Å². The summed E-state index contributed by atoms with van der Waals surface area (Å²) in [6.07, 6.45) is -2.20. The van der Waals surface area contributed by atoms with Crippen LogP contribution in [0.2, 0.25) is 0 Å². The molecule has 1 rings (SSSR count). The lowest BCUT2D eigenvalue weighted by atomic mass is 9.87. The van der Waals surface area contributed by atoms with Gasteiger partial charge in [0.15, 0.2) is 5.96 Å². The number of hydrogen-bond acceptors (Lipinski definition) is 2. The van der Waals surface area contributed by atoms with Crippen molar-refractivity contribution in [3.63, 3.8) is 0 Å². The lowest BCUT2D eigenvalue weighted by molar-refractivity contribution is -0.192. The Morgan fingerprint density at radius 3 is 2.61 bits per heavy atom. The molecular formula is C11H20F3N3O. The van der Waals surface area contributed by atoms with Crippen LogP contribution >= 0.6 is 0 Å². The zero-order chi connectivity index (χ0) is 13.6. The average molecular weight is 267 g/mol. The van der Waals surface area contributed by atoms with Crippen molar-refractivity contribution in [2.24, 2.45) is 22.4 Å². The minimum absolute atomic E-state index is 0.0183. The second-order valence-corrected chi connectivity index (χ2v) is 4.56. The van der Waals surface area contributed by atoms with E-state index >= 15 is 0 Å². The van der Waals surface area contributed by atoms with Crippen molar-refractivity contribution in [1.29, 1.82) is 0 Å². The van der Waals surface area contributed by atoms with Crippen LogP contribution in [-0.2, 0) is 4.74 Å². The first-order valence-corrected chi connectivity index (χ1v) is 6.13. The maximum Gasteiger partial charge on any atom is 0.391 e. The molecule has 0 aromatic rings. The Balaban J connectivity index is 2.20. The van der Waals surface area contributed by atoms with E-state index in [0.29, 0.717) is 32.4 Å². The lowest BCUT2D eigenvalue weighted by Gasteiger charge is -2.30. The second-order valence-electron chi connectivity index (χ2n) is 4.56. The van der Waals surface area contributed by atoms with Crippen LogP contribution in [0.4, 0.5) is 13.2 Å². The summed E-state index contributed by atoms with van der Waals surface area (Å²) in [7, 11) is 0. The van der Waals surface area contributed by atoms with Gasteiger partial charge in [0.05, 0.1) is 12.0 Å². The van der Waals surface area contributed by atoms with Crippen molar-refractivity contribution in [2.75, 3.05) is 13.2 Å². The number of alkyl halides is 3. The van der Waals surface area contributed by atoms with Crippen LogP contribution in [0.5, 0.6) is 0 Å². The van der Waals surface area contributed by atoms with E-state index in [4.69, 9.17) is 16.2 Å². The third-order valence-electron chi connectivity index (χ3n) is 3.04. The molecule has 4 N–H and O–H groups in total. The molecule has 0 aliphatic heterocycles. The fourth-order valence-electron chi connectivity index (χ4n) is 2.12. The topological polar surface area (TPSA) is 73.6 Å². The van der Waals surface area contributed by atoms with Gasteiger partial charge in [-0.3, -0.25) is 4.99 Å². The summed E-state index contributed by atoms with van der Waals surface area (Å²) in [4.78, 5) is 3.77. The van der Waals surface area contributed by atoms with Crippen molar-refractivity contribution >= 4 is 5.96 Å². The van der Waals surface area contributed by atoms with Gasteiger partial charge in [0.25, 0.3) is 0 Å². The normalized spacial score (nSPS) is 24.8.